The summed E-state index contributed by atoms with van der Waals surface area (Å²) in [6.45, 7) is 2.50. The molecule has 0 unspecified atom stereocenters. The number of likely N-dealkylation sites (N-methyl/N-ethyl adjacent to an activating group) is 1. The molecule has 230 valence electrons. The van der Waals surface area contributed by atoms with Crippen LogP contribution in [0.1, 0.15) is 73.4 Å². The minimum Gasteiger partial charge on any atom is -0.392 e. The molecule has 1 heterocycles. The highest BCUT2D eigenvalue weighted by atomic mass is 16.7. The van der Waals surface area contributed by atoms with Crippen LogP contribution in [0.3, 0.4) is 0 Å². The summed E-state index contributed by atoms with van der Waals surface area (Å²) in [4.78, 5) is 25.7. The number of carbonyl (C=O) groups is 2. The van der Waals surface area contributed by atoms with Crippen LogP contribution in [0.15, 0.2) is 78.9 Å². The number of anilines is 1. The summed E-state index contributed by atoms with van der Waals surface area (Å²) in [7, 11) is 1.97. The second kappa shape index (κ2) is 15.7. The van der Waals surface area contributed by atoms with Gasteiger partial charge in [0.1, 0.15) is 0 Å². The molecule has 0 radical (unpaired) electrons. The minimum absolute atomic E-state index is 0.0419. The van der Waals surface area contributed by atoms with Gasteiger partial charge in [0, 0.05) is 43.1 Å². The Labute approximate surface area is 252 Å². The molecular weight excluding hydrogens is 550 g/mol. The van der Waals surface area contributed by atoms with Crippen LogP contribution in [0.2, 0.25) is 0 Å². The highest BCUT2D eigenvalue weighted by Gasteiger charge is 2.34. The average Bonchev–Trinajstić information content (AvgIpc) is 3.04. The quantitative estimate of drug-likeness (QED) is 0.146. The molecule has 1 fully saturated rings. The van der Waals surface area contributed by atoms with E-state index in [9.17, 15) is 19.8 Å². The Morgan fingerprint density at radius 2 is 1.67 bits per heavy atom. The summed E-state index contributed by atoms with van der Waals surface area (Å²) in [5.41, 5.74) is 5.50. The predicted molar refractivity (Wildman–Crippen MR) is 161 cm³/mol. The van der Waals surface area contributed by atoms with Crippen molar-refractivity contribution in [2.45, 2.75) is 69.9 Å². The largest absolute Gasteiger partial charge is 0.392 e. The Balaban J connectivity index is 1.48. The Hall–Kier alpha value is -3.64. The van der Waals surface area contributed by atoms with Gasteiger partial charge in [-0.25, -0.2) is 5.48 Å². The molecule has 1 aliphatic heterocycles. The zero-order valence-electron chi connectivity index (χ0n) is 24.6. The van der Waals surface area contributed by atoms with Crippen molar-refractivity contribution in [1.29, 1.82) is 0 Å². The number of rotatable bonds is 13. The van der Waals surface area contributed by atoms with E-state index in [0.29, 0.717) is 25.1 Å². The zero-order valence-corrected chi connectivity index (χ0v) is 24.6. The summed E-state index contributed by atoms with van der Waals surface area (Å²) in [6.07, 6.45) is -0.826. The maximum atomic E-state index is 12.4. The van der Waals surface area contributed by atoms with E-state index in [1.807, 2.05) is 86.8 Å². The molecule has 0 saturated carbocycles. The Bertz CT molecular complexity index is 1320. The van der Waals surface area contributed by atoms with Crippen LogP contribution < -0.4 is 10.8 Å². The summed E-state index contributed by atoms with van der Waals surface area (Å²) < 4.78 is 12.9. The second-order valence-electron chi connectivity index (χ2n) is 10.9. The molecule has 3 aromatic rings. The highest BCUT2D eigenvalue weighted by molar-refractivity contribution is 5.91. The SMILES string of the molecule is C[C@H]([C@@H](O)c1ccccc1)N(C)C[C@H]1C[C@@H](c2ccc(CO)cc2)O[C@@H](c2cccc(NC(=O)CCCC(=O)NO)c2)O1. The average molecular weight is 592 g/mol. The number of benzene rings is 3. The highest BCUT2D eigenvalue weighted by Crippen LogP contribution is 2.39. The van der Waals surface area contributed by atoms with Gasteiger partial charge in [-0.3, -0.25) is 19.7 Å². The predicted octanol–water partition coefficient (Wildman–Crippen LogP) is 4.39. The van der Waals surface area contributed by atoms with Crippen molar-refractivity contribution in [3.63, 3.8) is 0 Å². The third-order valence-corrected chi connectivity index (χ3v) is 7.77. The Kier molecular flexibility index (Phi) is 11.8. The van der Waals surface area contributed by atoms with Gasteiger partial charge in [-0.05, 0) is 49.2 Å². The van der Waals surface area contributed by atoms with Crippen LogP contribution in [0, 0.1) is 0 Å². The number of hydrogen-bond acceptors (Lipinski definition) is 8. The van der Waals surface area contributed by atoms with Crippen LogP contribution in [-0.2, 0) is 25.7 Å². The van der Waals surface area contributed by atoms with Gasteiger partial charge in [0.15, 0.2) is 6.29 Å². The fourth-order valence-corrected chi connectivity index (χ4v) is 5.14. The van der Waals surface area contributed by atoms with Gasteiger partial charge < -0.3 is 25.0 Å². The maximum Gasteiger partial charge on any atom is 0.243 e. The van der Waals surface area contributed by atoms with Crippen LogP contribution >= 0.6 is 0 Å². The van der Waals surface area contributed by atoms with Crippen LogP contribution in [0.5, 0.6) is 0 Å². The number of nitrogens with zero attached hydrogens (tertiary/aromatic N) is 1. The van der Waals surface area contributed by atoms with Crippen LogP contribution in [0.4, 0.5) is 5.69 Å². The molecule has 0 spiro atoms. The lowest BCUT2D eigenvalue weighted by Crippen LogP contribution is -2.43. The summed E-state index contributed by atoms with van der Waals surface area (Å²) in [6, 6.07) is 24.4. The molecule has 4 rings (SSSR count). The molecule has 2 amide bonds. The number of hydroxylamine groups is 1. The van der Waals surface area contributed by atoms with Crippen LogP contribution in [0.25, 0.3) is 0 Å². The minimum atomic E-state index is -0.714. The van der Waals surface area contributed by atoms with E-state index in [1.54, 1.807) is 11.5 Å². The lowest BCUT2D eigenvalue weighted by Gasteiger charge is -2.39. The molecule has 43 heavy (non-hydrogen) atoms. The fourth-order valence-electron chi connectivity index (χ4n) is 5.14. The van der Waals surface area contributed by atoms with Gasteiger partial charge in [0.25, 0.3) is 0 Å². The monoisotopic (exact) mass is 591 g/mol. The molecule has 10 heteroatoms. The molecule has 10 nitrogen and oxygen atoms in total. The molecule has 0 aliphatic carbocycles. The number of nitrogens with one attached hydrogen (secondary N) is 2. The number of aliphatic hydroxyl groups excluding tert-OH is 2. The van der Waals surface area contributed by atoms with Crippen molar-refractivity contribution in [3.8, 4) is 0 Å². The summed E-state index contributed by atoms with van der Waals surface area (Å²) >= 11 is 0. The molecular formula is C33H41N3O7. The zero-order chi connectivity index (χ0) is 30.8. The number of carbonyl (C=O) groups excluding carboxylic acids is 2. The van der Waals surface area contributed by atoms with Crippen molar-refractivity contribution in [1.82, 2.24) is 10.4 Å². The normalized spacial score (nSPS) is 19.9. The van der Waals surface area contributed by atoms with Gasteiger partial charge >= 0.3 is 0 Å². The number of amides is 2. The third-order valence-electron chi connectivity index (χ3n) is 7.77. The van der Waals surface area contributed by atoms with Crippen molar-refractivity contribution in [2.24, 2.45) is 0 Å². The standard InChI is InChI=1S/C33H41N3O7/c1-22(32(40)25-8-4-3-5-9-25)36(2)20-28-19-29(24-16-14-23(21-37)15-17-24)43-33(42-28)26-10-6-11-27(18-26)34-30(38)12-7-13-31(39)35-41/h3-6,8-11,14-18,22,28-29,32-33,37,40-41H,7,12-13,19-21H2,1-2H3,(H,34,38)(H,35,39)/t22-,28-,29+,32-,33+/m1/s1. The molecule has 5 atom stereocenters. The van der Waals surface area contributed by atoms with Gasteiger partial charge in [-0.2, -0.15) is 0 Å². The fraction of sp³-hybridized carbons (Fsp3) is 0.394. The van der Waals surface area contributed by atoms with E-state index in [2.05, 4.69) is 10.2 Å². The van der Waals surface area contributed by atoms with Gasteiger partial charge in [0.2, 0.25) is 11.8 Å². The van der Waals surface area contributed by atoms with Crippen molar-refractivity contribution < 1.29 is 34.5 Å². The summed E-state index contributed by atoms with van der Waals surface area (Å²) in [5.74, 6) is -0.785. The first kappa shape index (κ1) is 32.3. The third kappa shape index (κ3) is 9.17. The first-order chi connectivity index (χ1) is 20.8. The number of ether oxygens (including phenoxy) is 2. The second-order valence-corrected chi connectivity index (χ2v) is 10.9. The first-order valence-corrected chi connectivity index (χ1v) is 14.5. The Morgan fingerprint density at radius 3 is 2.37 bits per heavy atom. The Morgan fingerprint density at radius 1 is 0.953 bits per heavy atom. The molecule has 1 aliphatic rings. The van der Waals surface area contributed by atoms with Gasteiger partial charge in [-0.1, -0.05) is 66.7 Å². The van der Waals surface area contributed by atoms with Crippen molar-refractivity contribution >= 4 is 17.5 Å². The topological polar surface area (TPSA) is 141 Å². The van der Waals surface area contributed by atoms with Gasteiger partial charge in [0.05, 0.1) is 24.9 Å². The lowest BCUT2D eigenvalue weighted by molar-refractivity contribution is -0.253. The van der Waals surface area contributed by atoms with E-state index >= 15 is 0 Å². The number of hydrogen-bond donors (Lipinski definition) is 5. The van der Waals surface area contributed by atoms with E-state index in [-0.39, 0.29) is 43.6 Å². The molecule has 3 aromatic carbocycles. The number of aliphatic hydroxyl groups is 2. The molecule has 0 bridgehead atoms. The van der Waals surface area contributed by atoms with E-state index in [4.69, 9.17) is 14.7 Å². The van der Waals surface area contributed by atoms with Crippen molar-refractivity contribution in [3.05, 3.63) is 101 Å². The lowest BCUT2D eigenvalue weighted by atomic mass is 9.98. The smallest absolute Gasteiger partial charge is 0.243 e. The molecule has 5 N–H and O–H groups in total. The first-order valence-electron chi connectivity index (χ1n) is 14.5. The van der Waals surface area contributed by atoms with Crippen molar-refractivity contribution in [2.75, 3.05) is 18.9 Å². The van der Waals surface area contributed by atoms with Gasteiger partial charge in [-0.15, -0.1) is 0 Å². The van der Waals surface area contributed by atoms with E-state index in [0.717, 1.165) is 22.3 Å². The maximum absolute atomic E-state index is 12.4. The molecule has 1 saturated heterocycles. The van der Waals surface area contributed by atoms with E-state index < -0.39 is 18.3 Å². The van der Waals surface area contributed by atoms with E-state index in [1.165, 1.54) is 0 Å². The molecule has 0 aromatic heterocycles. The van der Waals surface area contributed by atoms with Crippen LogP contribution in [-0.4, -0.2) is 57.9 Å². The summed E-state index contributed by atoms with van der Waals surface area (Å²) in [5, 5.41) is 32.0.